The maximum absolute atomic E-state index is 12.2. The highest BCUT2D eigenvalue weighted by Gasteiger charge is 2.17. The Kier molecular flexibility index (Phi) is 4.18. The van der Waals surface area contributed by atoms with Gasteiger partial charge in [-0.3, -0.25) is 4.72 Å². The van der Waals surface area contributed by atoms with E-state index >= 15 is 0 Å². The van der Waals surface area contributed by atoms with Gasteiger partial charge in [0.25, 0.3) is 10.0 Å². The van der Waals surface area contributed by atoms with Crippen molar-refractivity contribution in [1.29, 1.82) is 0 Å². The first kappa shape index (κ1) is 14.0. The van der Waals surface area contributed by atoms with Crippen molar-refractivity contribution in [2.24, 2.45) is 5.73 Å². The number of hydrogen-bond donors (Lipinski definition) is 2. The zero-order chi connectivity index (χ0) is 13.9. The Morgan fingerprint density at radius 2 is 1.95 bits per heavy atom. The fourth-order valence-corrected chi connectivity index (χ4v) is 3.06. The third-order valence-corrected chi connectivity index (χ3v) is 4.37. The standard InChI is InChI=1S/C12H12BrN3O2S/c13-10-5-6-12(15-8-10)16-19(17,18)11-4-2-1-3-9(11)7-14/h1-6,8H,7,14H2,(H,15,16). The van der Waals surface area contributed by atoms with Crippen molar-refractivity contribution in [2.75, 3.05) is 4.72 Å². The zero-order valence-electron chi connectivity index (χ0n) is 9.88. The Hall–Kier alpha value is -1.44. The van der Waals surface area contributed by atoms with E-state index < -0.39 is 10.0 Å². The van der Waals surface area contributed by atoms with E-state index in [0.717, 1.165) is 4.47 Å². The summed E-state index contributed by atoms with van der Waals surface area (Å²) in [6, 6.07) is 9.89. The molecule has 1 heterocycles. The number of benzene rings is 1. The fourth-order valence-electron chi connectivity index (χ4n) is 1.56. The lowest BCUT2D eigenvalue weighted by atomic mass is 10.2. The maximum Gasteiger partial charge on any atom is 0.263 e. The number of hydrogen-bond acceptors (Lipinski definition) is 4. The molecule has 0 amide bonds. The molecule has 0 bridgehead atoms. The molecule has 7 heteroatoms. The van der Waals surface area contributed by atoms with E-state index in [1.807, 2.05) is 0 Å². The van der Waals surface area contributed by atoms with Crippen LogP contribution in [-0.4, -0.2) is 13.4 Å². The summed E-state index contributed by atoms with van der Waals surface area (Å²) in [5.74, 6) is 0.259. The van der Waals surface area contributed by atoms with E-state index in [0.29, 0.717) is 5.56 Å². The second-order valence-electron chi connectivity index (χ2n) is 3.78. The van der Waals surface area contributed by atoms with Crippen molar-refractivity contribution in [3.05, 3.63) is 52.6 Å². The van der Waals surface area contributed by atoms with E-state index in [1.165, 1.54) is 12.3 Å². The molecule has 0 atom stereocenters. The second-order valence-corrected chi connectivity index (χ2v) is 6.35. The first-order chi connectivity index (χ1) is 9.03. The average molecular weight is 342 g/mol. The molecule has 2 aromatic rings. The summed E-state index contributed by atoms with van der Waals surface area (Å²) in [5.41, 5.74) is 6.11. The van der Waals surface area contributed by atoms with Crippen LogP contribution in [0.1, 0.15) is 5.56 Å². The summed E-state index contributed by atoms with van der Waals surface area (Å²) >= 11 is 3.24. The number of aromatic nitrogens is 1. The van der Waals surface area contributed by atoms with Gasteiger partial charge in [-0.1, -0.05) is 18.2 Å². The van der Waals surface area contributed by atoms with Crippen LogP contribution < -0.4 is 10.5 Å². The molecule has 0 aliphatic carbocycles. The van der Waals surface area contributed by atoms with Crippen molar-refractivity contribution < 1.29 is 8.42 Å². The van der Waals surface area contributed by atoms with Crippen molar-refractivity contribution in [3.63, 3.8) is 0 Å². The lowest BCUT2D eigenvalue weighted by molar-refractivity contribution is 0.600. The third-order valence-electron chi connectivity index (χ3n) is 2.45. The molecule has 0 unspecified atom stereocenters. The van der Waals surface area contributed by atoms with Gasteiger partial charge < -0.3 is 5.73 Å². The van der Waals surface area contributed by atoms with E-state index in [9.17, 15) is 8.42 Å². The van der Waals surface area contributed by atoms with Gasteiger partial charge in [0.15, 0.2) is 0 Å². The molecule has 0 aliphatic rings. The van der Waals surface area contributed by atoms with E-state index in [4.69, 9.17) is 5.73 Å². The predicted molar refractivity (Wildman–Crippen MR) is 77.1 cm³/mol. The lowest BCUT2D eigenvalue weighted by Gasteiger charge is -2.10. The Labute approximate surface area is 120 Å². The molecule has 0 spiro atoms. The monoisotopic (exact) mass is 341 g/mol. The lowest BCUT2D eigenvalue weighted by Crippen LogP contribution is -2.16. The number of nitrogens with zero attached hydrogens (tertiary/aromatic N) is 1. The Balaban J connectivity index is 2.35. The molecule has 5 nitrogen and oxygen atoms in total. The SMILES string of the molecule is NCc1ccccc1S(=O)(=O)Nc1ccc(Br)cn1. The van der Waals surface area contributed by atoms with Crippen LogP contribution in [0.2, 0.25) is 0 Å². The summed E-state index contributed by atoms with van der Waals surface area (Å²) in [6.45, 7) is 0.158. The minimum absolute atomic E-state index is 0.158. The van der Waals surface area contributed by atoms with Gasteiger partial charge in [0.1, 0.15) is 5.82 Å². The molecule has 0 radical (unpaired) electrons. The van der Waals surface area contributed by atoms with Crippen LogP contribution in [-0.2, 0) is 16.6 Å². The minimum atomic E-state index is -3.68. The summed E-state index contributed by atoms with van der Waals surface area (Å²) in [5, 5.41) is 0. The molecule has 0 aliphatic heterocycles. The number of sulfonamides is 1. The molecule has 0 fully saturated rings. The third kappa shape index (κ3) is 3.31. The second kappa shape index (κ2) is 5.68. The van der Waals surface area contributed by atoms with Gasteiger partial charge in [0, 0.05) is 17.2 Å². The Morgan fingerprint density at radius 3 is 2.58 bits per heavy atom. The molecule has 100 valence electrons. The van der Waals surface area contributed by atoms with Crippen LogP contribution in [0.5, 0.6) is 0 Å². The smallest absolute Gasteiger partial charge is 0.263 e. The number of pyridine rings is 1. The van der Waals surface area contributed by atoms with Gasteiger partial charge in [0.05, 0.1) is 4.90 Å². The topological polar surface area (TPSA) is 85.1 Å². The van der Waals surface area contributed by atoms with Crippen LogP contribution in [0.15, 0.2) is 52.0 Å². The predicted octanol–water partition coefficient (Wildman–Crippen LogP) is 2.10. The van der Waals surface area contributed by atoms with Gasteiger partial charge in [-0.05, 0) is 39.7 Å². The molecular formula is C12H12BrN3O2S. The summed E-state index contributed by atoms with van der Waals surface area (Å²) < 4.78 is 27.7. The summed E-state index contributed by atoms with van der Waals surface area (Å²) in [4.78, 5) is 4.14. The van der Waals surface area contributed by atoms with Crippen molar-refractivity contribution in [1.82, 2.24) is 4.98 Å². The molecule has 3 N–H and O–H groups in total. The highest BCUT2D eigenvalue weighted by Crippen LogP contribution is 2.19. The number of nitrogens with one attached hydrogen (secondary N) is 1. The Bertz CT molecular complexity index is 672. The van der Waals surface area contributed by atoms with Gasteiger partial charge >= 0.3 is 0 Å². The minimum Gasteiger partial charge on any atom is -0.326 e. The van der Waals surface area contributed by atoms with Crippen LogP contribution in [0, 0.1) is 0 Å². The highest BCUT2D eigenvalue weighted by atomic mass is 79.9. The van der Waals surface area contributed by atoms with Gasteiger partial charge in [-0.15, -0.1) is 0 Å². The van der Waals surface area contributed by atoms with E-state index in [-0.39, 0.29) is 17.3 Å². The molecule has 19 heavy (non-hydrogen) atoms. The van der Waals surface area contributed by atoms with Crippen molar-refractivity contribution in [2.45, 2.75) is 11.4 Å². The van der Waals surface area contributed by atoms with Crippen molar-refractivity contribution >= 4 is 31.8 Å². The molecule has 0 saturated heterocycles. The van der Waals surface area contributed by atoms with Crippen LogP contribution in [0.25, 0.3) is 0 Å². The van der Waals surface area contributed by atoms with E-state index in [2.05, 4.69) is 25.6 Å². The van der Waals surface area contributed by atoms with Crippen LogP contribution >= 0.6 is 15.9 Å². The van der Waals surface area contributed by atoms with Gasteiger partial charge in [-0.25, -0.2) is 13.4 Å². The van der Waals surface area contributed by atoms with Gasteiger partial charge in [0.2, 0.25) is 0 Å². The Morgan fingerprint density at radius 1 is 1.21 bits per heavy atom. The highest BCUT2D eigenvalue weighted by molar-refractivity contribution is 9.10. The molecule has 1 aromatic carbocycles. The maximum atomic E-state index is 12.2. The quantitative estimate of drug-likeness (QED) is 0.891. The fraction of sp³-hybridized carbons (Fsp3) is 0.0833. The molecule has 1 aromatic heterocycles. The first-order valence-corrected chi connectivity index (χ1v) is 7.73. The number of nitrogens with two attached hydrogens (primary N) is 1. The normalized spacial score (nSPS) is 11.3. The average Bonchev–Trinajstić information content (AvgIpc) is 2.41. The number of rotatable bonds is 4. The first-order valence-electron chi connectivity index (χ1n) is 5.45. The molecular weight excluding hydrogens is 330 g/mol. The van der Waals surface area contributed by atoms with Crippen LogP contribution in [0.3, 0.4) is 0 Å². The summed E-state index contributed by atoms with van der Waals surface area (Å²) in [6.07, 6.45) is 1.52. The van der Waals surface area contributed by atoms with Crippen LogP contribution in [0.4, 0.5) is 5.82 Å². The van der Waals surface area contributed by atoms with Gasteiger partial charge in [-0.2, -0.15) is 0 Å². The summed E-state index contributed by atoms with van der Waals surface area (Å²) in [7, 11) is -3.68. The largest absolute Gasteiger partial charge is 0.326 e. The zero-order valence-corrected chi connectivity index (χ0v) is 12.3. The molecule has 0 saturated carbocycles. The van der Waals surface area contributed by atoms with Crippen molar-refractivity contribution in [3.8, 4) is 0 Å². The number of halogens is 1. The number of anilines is 1. The van der Waals surface area contributed by atoms with E-state index in [1.54, 1.807) is 30.3 Å². The molecule has 2 rings (SSSR count).